The summed E-state index contributed by atoms with van der Waals surface area (Å²) in [6.45, 7) is 10.6. The number of guanidine groups is 1. The second kappa shape index (κ2) is 9.87. The standard InChI is InChI=1S/C16H27N3O.HI/c1-5-10-18-15(17)19-11-12-20-14-9-7-6-8-13(14)16(2,3)4;/h6-9H,5,10-12H2,1-4H3,(H3,17,18,19);1H. The van der Waals surface area contributed by atoms with Gasteiger partial charge in [0.05, 0.1) is 6.54 Å². The number of rotatable bonds is 6. The van der Waals surface area contributed by atoms with Gasteiger partial charge in [-0.15, -0.1) is 24.0 Å². The Balaban J connectivity index is 0.00000400. The molecule has 0 aromatic heterocycles. The van der Waals surface area contributed by atoms with Gasteiger partial charge < -0.3 is 15.8 Å². The van der Waals surface area contributed by atoms with E-state index >= 15 is 0 Å². The molecule has 0 spiro atoms. The molecule has 3 N–H and O–H groups in total. The van der Waals surface area contributed by atoms with E-state index in [1.54, 1.807) is 0 Å². The maximum atomic E-state index is 5.85. The molecule has 0 bridgehead atoms. The van der Waals surface area contributed by atoms with Crippen molar-refractivity contribution in [1.82, 2.24) is 5.32 Å². The number of hydrogen-bond acceptors (Lipinski definition) is 2. The first kappa shape index (κ1) is 20.0. The summed E-state index contributed by atoms with van der Waals surface area (Å²) in [7, 11) is 0. The van der Waals surface area contributed by atoms with E-state index in [4.69, 9.17) is 10.5 Å². The maximum absolute atomic E-state index is 5.85. The normalized spacial score (nSPS) is 11.7. The van der Waals surface area contributed by atoms with Crippen LogP contribution in [0.25, 0.3) is 0 Å². The molecule has 0 aliphatic rings. The van der Waals surface area contributed by atoms with Crippen LogP contribution in [-0.4, -0.2) is 25.7 Å². The highest BCUT2D eigenvalue weighted by Crippen LogP contribution is 2.30. The Labute approximate surface area is 145 Å². The van der Waals surface area contributed by atoms with Crippen molar-refractivity contribution in [2.75, 3.05) is 19.7 Å². The van der Waals surface area contributed by atoms with E-state index in [9.17, 15) is 0 Å². The molecule has 0 aliphatic carbocycles. The van der Waals surface area contributed by atoms with Gasteiger partial charge in [0, 0.05) is 6.54 Å². The van der Waals surface area contributed by atoms with Crippen molar-refractivity contribution >= 4 is 29.9 Å². The van der Waals surface area contributed by atoms with Gasteiger partial charge >= 0.3 is 0 Å². The van der Waals surface area contributed by atoms with Crippen LogP contribution in [0, 0.1) is 0 Å². The highest BCUT2D eigenvalue weighted by atomic mass is 127. The molecular weight excluding hydrogens is 377 g/mol. The third-order valence-corrected chi connectivity index (χ3v) is 2.87. The van der Waals surface area contributed by atoms with Crippen LogP contribution in [0.5, 0.6) is 5.75 Å². The van der Waals surface area contributed by atoms with Crippen LogP contribution in [0.3, 0.4) is 0 Å². The van der Waals surface area contributed by atoms with Gasteiger partial charge in [-0.25, -0.2) is 0 Å². The van der Waals surface area contributed by atoms with Crippen LogP contribution in [0.1, 0.15) is 39.7 Å². The first-order valence-electron chi connectivity index (χ1n) is 7.21. The lowest BCUT2D eigenvalue weighted by Crippen LogP contribution is -2.35. The number of halogens is 1. The molecule has 0 atom stereocenters. The summed E-state index contributed by atoms with van der Waals surface area (Å²) in [5.41, 5.74) is 7.01. The molecule has 0 saturated heterocycles. The average molecular weight is 405 g/mol. The molecule has 120 valence electrons. The second-order valence-corrected chi connectivity index (χ2v) is 5.79. The van der Waals surface area contributed by atoms with E-state index in [1.165, 1.54) is 5.56 Å². The molecule has 0 radical (unpaired) electrons. The molecular formula is C16H28IN3O. The van der Waals surface area contributed by atoms with E-state index in [0.29, 0.717) is 19.1 Å². The van der Waals surface area contributed by atoms with Gasteiger partial charge in [-0.1, -0.05) is 45.9 Å². The van der Waals surface area contributed by atoms with Gasteiger partial charge in [-0.2, -0.15) is 0 Å². The fraction of sp³-hybridized carbons (Fsp3) is 0.562. The number of para-hydroxylation sites is 1. The number of hydrogen-bond donors (Lipinski definition) is 2. The summed E-state index contributed by atoms with van der Waals surface area (Å²) < 4.78 is 5.85. The Morgan fingerprint density at radius 2 is 1.95 bits per heavy atom. The smallest absolute Gasteiger partial charge is 0.188 e. The zero-order valence-electron chi connectivity index (χ0n) is 13.5. The van der Waals surface area contributed by atoms with Gasteiger partial charge in [-0.05, 0) is 23.5 Å². The molecule has 5 heteroatoms. The molecule has 21 heavy (non-hydrogen) atoms. The van der Waals surface area contributed by atoms with Crippen LogP contribution < -0.4 is 15.8 Å². The number of benzene rings is 1. The van der Waals surface area contributed by atoms with Crippen LogP contribution in [0.2, 0.25) is 0 Å². The third-order valence-electron chi connectivity index (χ3n) is 2.87. The van der Waals surface area contributed by atoms with Crippen molar-refractivity contribution in [2.45, 2.75) is 39.5 Å². The van der Waals surface area contributed by atoms with Crippen LogP contribution in [0.15, 0.2) is 29.3 Å². The molecule has 0 fully saturated rings. The Morgan fingerprint density at radius 1 is 1.29 bits per heavy atom. The van der Waals surface area contributed by atoms with Gasteiger partial charge in [0.1, 0.15) is 12.4 Å². The van der Waals surface area contributed by atoms with Gasteiger partial charge in [-0.3, -0.25) is 4.99 Å². The zero-order chi connectivity index (χ0) is 15.0. The number of nitrogens with one attached hydrogen (secondary N) is 1. The fourth-order valence-electron chi connectivity index (χ4n) is 1.84. The monoisotopic (exact) mass is 405 g/mol. The topological polar surface area (TPSA) is 59.6 Å². The summed E-state index contributed by atoms with van der Waals surface area (Å²) in [6, 6.07) is 8.16. The molecule has 0 unspecified atom stereocenters. The van der Waals surface area contributed by atoms with Crippen LogP contribution in [0.4, 0.5) is 0 Å². The third kappa shape index (κ3) is 7.55. The lowest BCUT2D eigenvalue weighted by atomic mass is 9.86. The minimum absolute atomic E-state index is 0. The lowest BCUT2D eigenvalue weighted by molar-refractivity contribution is 0.313. The summed E-state index contributed by atoms with van der Waals surface area (Å²) >= 11 is 0. The van der Waals surface area contributed by atoms with Crippen molar-refractivity contribution < 1.29 is 4.74 Å². The predicted octanol–water partition coefficient (Wildman–Crippen LogP) is 3.30. The number of nitrogens with two attached hydrogens (primary N) is 1. The molecule has 0 saturated carbocycles. The van der Waals surface area contributed by atoms with E-state index < -0.39 is 0 Å². The largest absolute Gasteiger partial charge is 0.491 e. The summed E-state index contributed by atoms with van der Waals surface area (Å²) in [6.07, 6.45) is 0.998. The van der Waals surface area contributed by atoms with E-state index in [-0.39, 0.29) is 29.4 Å². The number of ether oxygens (including phenoxy) is 1. The molecule has 0 heterocycles. The average Bonchev–Trinajstić information content (AvgIpc) is 2.40. The highest BCUT2D eigenvalue weighted by molar-refractivity contribution is 14.0. The SMILES string of the molecule is CCCN=C(N)NCCOc1ccccc1C(C)(C)C.I. The van der Waals surface area contributed by atoms with Crippen LogP contribution in [-0.2, 0) is 5.41 Å². The Morgan fingerprint density at radius 3 is 2.57 bits per heavy atom. The van der Waals surface area contributed by atoms with Gasteiger partial charge in [0.2, 0.25) is 0 Å². The van der Waals surface area contributed by atoms with Gasteiger partial charge in [0.15, 0.2) is 5.96 Å². The Kier molecular flexibility index (Phi) is 9.41. The molecule has 4 nitrogen and oxygen atoms in total. The molecule has 1 aromatic carbocycles. The quantitative estimate of drug-likeness (QED) is 0.331. The zero-order valence-corrected chi connectivity index (χ0v) is 15.8. The molecule has 0 amide bonds. The Bertz CT molecular complexity index is 441. The Hall–Kier alpha value is -0.980. The van der Waals surface area contributed by atoms with E-state index in [1.807, 2.05) is 18.2 Å². The van der Waals surface area contributed by atoms with Crippen molar-refractivity contribution in [3.8, 4) is 5.75 Å². The minimum atomic E-state index is 0. The van der Waals surface area contributed by atoms with E-state index in [2.05, 4.69) is 44.1 Å². The molecule has 1 rings (SSSR count). The van der Waals surface area contributed by atoms with Crippen molar-refractivity contribution in [3.63, 3.8) is 0 Å². The van der Waals surface area contributed by atoms with E-state index in [0.717, 1.165) is 18.7 Å². The number of nitrogens with zero attached hydrogens (tertiary/aromatic N) is 1. The highest BCUT2D eigenvalue weighted by Gasteiger charge is 2.18. The van der Waals surface area contributed by atoms with Crippen LogP contribution >= 0.6 is 24.0 Å². The second-order valence-electron chi connectivity index (χ2n) is 5.79. The van der Waals surface area contributed by atoms with Crippen molar-refractivity contribution in [2.24, 2.45) is 10.7 Å². The first-order chi connectivity index (χ1) is 9.45. The fourth-order valence-corrected chi connectivity index (χ4v) is 1.84. The van der Waals surface area contributed by atoms with Crippen molar-refractivity contribution in [1.29, 1.82) is 0 Å². The summed E-state index contributed by atoms with van der Waals surface area (Å²) in [4.78, 5) is 4.17. The maximum Gasteiger partial charge on any atom is 0.188 e. The first-order valence-corrected chi connectivity index (χ1v) is 7.21. The lowest BCUT2D eigenvalue weighted by Gasteiger charge is -2.22. The molecule has 1 aromatic rings. The molecule has 0 aliphatic heterocycles. The predicted molar refractivity (Wildman–Crippen MR) is 101 cm³/mol. The van der Waals surface area contributed by atoms with Gasteiger partial charge in [0.25, 0.3) is 0 Å². The summed E-state index contributed by atoms with van der Waals surface area (Å²) in [5, 5.41) is 3.05. The number of aliphatic imine (C=N–C) groups is 1. The summed E-state index contributed by atoms with van der Waals surface area (Å²) in [5.74, 6) is 1.42. The minimum Gasteiger partial charge on any atom is -0.491 e. The van der Waals surface area contributed by atoms with Crippen molar-refractivity contribution in [3.05, 3.63) is 29.8 Å².